The molecule has 3 aromatic heterocycles. The Kier molecular flexibility index (Phi) is 3.83. The normalized spacial score (nSPS) is 11.0. The zero-order chi connectivity index (χ0) is 16.6. The topological polar surface area (TPSA) is 105 Å². The van der Waals surface area contributed by atoms with Gasteiger partial charge in [-0.05, 0) is 24.4 Å². The lowest BCUT2D eigenvalue weighted by molar-refractivity contribution is -0.137. The fraction of sp³-hybridized carbons (Fsp3) is 0.200. The Bertz CT molecular complexity index is 899. The number of nitrogens with zero attached hydrogens (tertiary/aromatic N) is 3. The number of pyridine rings is 1. The van der Waals surface area contributed by atoms with Gasteiger partial charge in [-0.25, -0.2) is 14.5 Å². The molecular weight excluding hydrogens is 318 g/mol. The van der Waals surface area contributed by atoms with Crippen molar-refractivity contribution in [3.8, 4) is 10.6 Å². The van der Waals surface area contributed by atoms with Gasteiger partial charge in [0.15, 0.2) is 5.65 Å². The van der Waals surface area contributed by atoms with Crippen molar-refractivity contribution in [2.45, 2.75) is 19.9 Å². The Morgan fingerprint density at radius 3 is 2.74 bits per heavy atom. The molecule has 0 aliphatic carbocycles. The van der Waals surface area contributed by atoms with Crippen molar-refractivity contribution in [2.24, 2.45) is 0 Å². The van der Waals surface area contributed by atoms with E-state index in [4.69, 9.17) is 5.11 Å². The quantitative estimate of drug-likeness (QED) is 0.744. The minimum atomic E-state index is -1.06. The maximum absolute atomic E-state index is 11.6. The molecule has 0 aromatic carbocycles. The summed E-state index contributed by atoms with van der Waals surface area (Å²) < 4.78 is 1.46. The van der Waals surface area contributed by atoms with Crippen LogP contribution in [0, 0.1) is 6.92 Å². The molecule has 0 unspecified atom stereocenters. The summed E-state index contributed by atoms with van der Waals surface area (Å²) in [7, 11) is 0. The Hall–Kier alpha value is -2.74. The second-order valence-corrected chi connectivity index (χ2v) is 5.94. The summed E-state index contributed by atoms with van der Waals surface area (Å²) in [5, 5.41) is 24.9. The van der Waals surface area contributed by atoms with E-state index in [1.165, 1.54) is 22.1 Å². The van der Waals surface area contributed by atoms with Crippen molar-refractivity contribution in [1.29, 1.82) is 0 Å². The number of aromatic nitrogens is 3. The van der Waals surface area contributed by atoms with Gasteiger partial charge in [-0.1, -0.05) is 6.07 Å². The number of hydrogen-bond donors (Lipinski definition) is 2. The van der Waals surface area contributed by atoms with Crippen LogP contribution in [0.4, 0.5) is 0 Å². The van der Waals surface area contributed by atoms with Gasteiger partial charge in [0.05, 0.1) is 40.2 Å². The van der Waals surface area contributed by atoms with Crippen molar-refractivity contribution in [2.75, 3.05) is 0 Å². The molecule has 0 saturated heterocycles. The first-order valence-electron chi connectivity index (χ1n) is 6.84. The van der Waals surface area contributed by atoms with Gasteiger partial charge in [0, 0.05) is 0 Å². The fourth-order valence-corrected chi connectivity index (χ4v) is 3.12. The van der Waals surface area contributed by atoms with Gasteiger partial charge in [0.2, 0.25) is 0 Å². The van der Waals surface area contributed by atoms with Crippen molar-refractivity contribution in [3.63, 3.8) is 0 Å². The van der Waals surface area contributed by atoms with Gasteiger partial charge < -0.3 is 10.2 Å². The van der Waals surface area contributed by atoms with Gasteiger partial charge in [-0.3, -0.25) is 4.79 Å². The molecule has 0 saturated carbocycles. The molecule has 3 aromatic rings. The molecular formula is C15H13N3O4S. The number of rotatable bonds is 5. The van der Waals surface area contributed by atoms with Crippen molar-refractivity contribution >= 4 is 34.3 Å². The lowest BCUT2D eigenvalue weighted by Crippen LogP contribution is -2.07. The Morgan fingerprint density at radius 1 is 1.35 bits per heavy atom. The maximum atomic E-state index is 11.6. The molecule has 8 heteroatoms. The molecule has 0 amide bonds. The van der Waals surface area contributed by atoms with E-state index in [1.54, 1.807) is 6.92 Å². The van der Waals surface area contributed by atoms with Crippen LogP contribution >= 0.6 is 11.3 Å². The van der Waals surface area contributed by atoms with Crippen LogP contribution in [0.15, 0.2) is 23.6 Å². The Labute approximate surface area is 134 Å². The number of aromatic carboxylic acids is 1. The summed E-state index contributed by atoms with van der Waals surface area (Å²) in [5.41, 5.74) is 1.58. The van der Waals surface area contributed by atoms with E-state index in [0.29, 0.717) is 22.4 Å². The third kappa shape index (κ3) is 2.80. The van der Waals surface area contributed by atoms with Gasteiger partial charge in [0.25, 0.3) is 0 Å². The van der Waals surface area contributed by atoms with Gasteiger partial charge in [-0.15, -0.1) is 11.3 Å². The average Bonchev–Trinajstić information content (AvgIpc) is 3.13. The van der Waals surface area contributed by atoms with Crippen LogP contribution in [0.5, 0.6) is 0 Å². The summed E-state index contributed by atoms with van der Waals surface area (Å²) >= 11 is 1.46. The van der Waals surface area contributed by atoms with E-state index >= 15 is 0 Å². The van der Waals surface area contributed by atoms with Gasteiger partial charge in [0.1, 0.15) is 0 Å². The molecule has 0 spiro atoms. The first-order valence-corrected chi connectivity index (χ1v) is 7.72. The highest BCUT2D eigenvalue weighted by molar-refractivity contribution is 7.13. The molecule has 0 fully saturated rings. The summed E-state index contributed by atoms with van der Waals surface area (Å²) in [5.74, 6) is -2.00. The summed E-state index contributed by atoms with van der Waals surface area (Å²) in [6, 6.07) is 5.25. The molecule has 7 nitrogen and oxygen atoms in total. The molecule has 118 valence electrons. The minimum absolute atomic E-state index is 0.108. The number of carboxylic acid groups (broad SMARTS) is 2. The predicted molar refractivity (Wildman–Crippen MR) is 84.8 cm³/mol. The molecule has 0 radical (unpaired) electrons. The molecule has 3 rings (SSSR count). The lowest BCUT2D eigenvalue weighted by Gasteiger charge is -2.05. The monoisotopic (exact) mass is 331 g/mol. The number of aliphatic carboxylic acids is 1. The van der Waals surface area contributed by atoms with E-state index in [1.807, 2.05) is 17.5 Å². The van der Waals surface area contributed by atoms with Crippen molar-refractivity contribution < 1.29 is 19.8 Å². The number of aryl methyl sites for hydroxylation is 2. The van der Waals surface area contributed by atoms with Gasteiger partial charge >= 0.3 is 11.9 Å². The van der Waals surface area contributed by atoms with Crippen LogP contribution in [-0.2, 0) is 11.3 Å². The third-order valence-corrected chi connectivity index (χ3v) is 4.31. The number of thiophene rings is 1. The highest BCUT2D eigenvalue weighted by Crippen LogP contribution is 2.29. The second kappa shape index (κ2) is 5.81. The van der Waals surface area contributed by atoms with Crippen LogP contribution in [0.1, 0.15) is 22.5 Å². The first-order chi connectivity index (χ1) is 11.0. The SMILES string of the molecule is Cc1nn(CCC(=O)O)c2nc(-c3cccs3)cc(C(=O)O)c12. The number of carbonyl (C=O) groups is 2. The maximum Gasteiger partial charge on any atom is 0.336 e. The van der Waals surface area contributed by atoms with Crippen LogP contribution in [0.2, 0.25) is 0 Å². The molecule has 2 N–H and O–H groups in total. The number of fused-ring (bicyclic) bond motifs is 1. The van der Waals surface area contributed by atoms with E-state index in [-0.39, 0.29) is 18.5 Å². The largest absolute Gasteiger partial charge is 0.481 e. The highest BCUT2D eigenvalue weighted by atomic mass is 32.1. The van der Waals surface area contributed by atoms with Crippen LogP contribution in [0.25, 0.3) is 21.6 Å². The molecule has 0 aliphatic heterocycles. The number of carboxylic acids is 2. The van der Waals surface area contributed by atoms with E-state index in [0.717, 1.165) is 4.88 Å². The minimum Gasteiger partial charge on any atom is -0.481 e. The fourth-order valence-electron chi connectivity index (χ4n) is 2.43. The molecule has 3 heterocycles. The zero-order valence-electron chi connectivity index (χ0n) is 12.2. The standard InChI is InChI=1S/C15H13N3O4S/c1-8-13-9(15(21)22)7-10(11-3-2-6-23-11)16-14(13)18(17-8)5-4-12(19)20/h2-3,6-7H,4-5H2,1H3,(H,19,20)(H,21,22). The molecule has 0 aliphatic rings. The van der Waals surface area contributed by atoms with E-state index in [9.17, 15) is 14.7 Å². The summed E-state index contributed by atoms with van der Waals surface area (Å²) in [6.45, 7) is 1.83. The summed E-state index contributed by atoms with van der Waals surface area (Å²) in [4.78, 5) is 27.8. The van der Waals surface area contributed by atoms with Crippen LogP contribution in [0.3, 0.4) is 0 Å². The smallest absolute Gasteiger partial charge is 0.336 e. The predicted octanol–water partition coefficient (Wildman–Crippen LogP) is 2.64. The van der Waals surface area contributed by atoms with Crippen LogP contribution in [-0.4, -0.2) is 36.9 Å². The van der Waals surface area contributed by atoms with Crippen molar-refractivity contribution in [3.05, 3.63) is 34.8 Å². The molecule has 23 heavy (non-hydrogen) atoms. The van der Waals surface area contributed by atoms with Crippen molar-refractivity contribution in [1.82, 2.24) is 14.8 Å². The first kappa shape index (κ1) is 15.2. The van der Waals surface area contributed by atoms with E-state index in [2.05, 4.69) is 10.1 Å². The summed E-state index contributed by atoms with van der Waals surface area (Å²) in [6.07, 6.45) is -0.108. The van der Waals surface area contributed by atoms with Crippen LogP contribution < -0.4 is 0 Å². The Balaban J connectivity index is 2.23. The second-order valence-electron chi connectivity index (χ2n) is 4.99. The zero-order valence-corrected chi connectivity index (χ0v) is 13.0. The third-order valence-electron chi connectivity index (χ3n) is 3.42. The van der Waals surface area contributed by atoms with E-state index < -0.39 is 11.9 Å². The number of hydrogen-bond acceptors (Lipinski definition) is 5. The average molecular weight is 331 g/mol. The Morgan fingerprint density at radius 2 is 2.13 bits per heavy atom. The lowest BCUT2D eigenvalue weighted by atomic mass is 10.1. The highest BCUT2D eigenvalue weighted by Gasteiger charge is 2.20. The molecule has 0 atom stereocenters. The van der Waals surface area contributed by atoms with Gasteiger partial charge in [-0.2, -0.15) is 5.10 Å². The molecule has 0 bridgehead atoms.